The Morgan fingerprint density at radius 3 is 0.254 bits per heavy atom. The summed E-state index contributed by atoms with van der Waals surface area (Å²) in [4.78, 5) is 0. The van der Waals surface area contributed by atoms with Crippen LogP contribution in [-0.4, -0.2) is 0 Å². The largest absolute Gasteiger partial charge is 0.226 e. The summed E-state index contributed by atoms with van der Waals surface area (Å²) in [5, 5.41) is 18.4. The summed E-state index contributed by atoms with van der Waals surface area (Å²) >= 11 is 0. The Kier molecular flexibility index (Phi) is 246. The van der Waals surface area contributed by atoms with E-state index in [0.29, 0.717) is 0 Å². The third-order valence-electron chi connectivity index (χ3n) is 15.0. The predicted octanol–water partition coefficient (Wildman–Crippen LogP) is 37.0. The number of benzene rings is 18. The first-order valence-corrected chi connectivity index (χ1v) is 42.6. The number of hydrogen-bond acceptors (Lipinski definition) is 0. The quantitative estimate of drug-likeness (QED) is 0.120. The molecule has 22 radical (unpaired) electrons. The van der Waals surface area contributed by atoms with Gasteiger partial charge < -0.3 is 0 Å². The molecule has 0 saturated carbocycles. The van der Waals surface area contributed by atoms with Crippen LogP contribution in [0.5, 0.6) is 0 Å². The maximum atomic E-state index is 3.15. The third-order valence-corrected chi connectivity index (χ3v) is 15.0. The maximum absolute atomic E-state index is 3.15. The molecule has 0 aromatic heterocycles. The molecule has 0 amide bonds. The molecule has 0 aliphatic carbocycles. The van der Waals surface area contributed by atoms with Crippen molar-refractivity contribution in [3.8, 4) is 22.3 Å². The summed E-state index contributed by atoms with van der Waals surface area (Å²) in [6.07, 6.45) is 0. The van der Waals surface area contributed by atoms with E-state index < -0.39 is 0 Å². The Hall–Kier alpha value is 12.1. The molecule has 18 aromatic carbocycles. The standard InChI is InChI=1S/2C14H10.2C12H8.3C10H8.2C6H6.11C2H6.22Y/c2*1-2-6-12-10-14-8-4-3-7-13(14)9-11(12)5-1;2*1-3-7-11(8-4-1)12-9-5-2-6-10-12;3*1-2-6-10-8-4-3-7-9(10)5-1;2*1-2-4-6-5-3-1;11*1-2;;;;;;;;;;;;;;;;;;;;;;/h2*1-10H;2*1-7,9H;3*1-8H;2*1-6H;11*1-2H3;;;;;;;;;;;;;;;;;;;;;;/q;;2*-2;;;;;;;;;;;;;;;;;;;;;;;;;;;;;;;;;;;;;;. The fraction of sp³-hybridized carbons (Fsp3) is 0.190. The van der Waals surface area contributed by atoms with Crippen LogP contribution in [-0.2, 0) is 720 Å². The topological polar surface area (TPSA) is 0 Å². The average Bonchev–Trinajstić information content (AvgIpc) is 0.811. The van der Waals surface area contributed by atoms with Crippen LogP contribution in [0.3, 0.4) is 0 Å². The van der Waals surface area contributed by atoms with Gasteiger partial charge in [0.15, 0.2) is 0 Å². The van der Waals surface area contributed by atoms with Gasteiger partial charge >= 0.3 is 0 Å². The van der Waals surface area contributed by atoms with Gasteiger partial charge in [-0.25, -0.2) is 22.3 Å². The fourth-order valence-corrected chi connectivity index (χ4v) is 10.2. The Labute approximate surface area is 1400 Å². The second kappa shape index (κ2) is 162. The molecule has 0 unspecified atom stereocenters. The van der Waals surface area contributed by atoms with Gasteiger partial charge in [-0.2, -0.15) is 97.1 Å². The zero-order valence-electron chi connectivity index (χ0n) is 87.3. The van der Waals surface area contributed by atoms with E-state index >= 15 is 0 Å². The van der Waals surface area contributed by atoms with Gasteiger partial charge in [-0.05, 0) is 99.7 Å². The van der Waals surface area contributed by atoms with E-state index in [1.807, 2.05) is 322 Å². The number of fused-ring (bicyclic) bond motifs is 7. The van der Waals surface area contributed by atoms with Crippen LogP contribution in [0.15, 0.2) is 437 Å². The van der Waals surface area contributed by atoms with Gasteiger partial charge in [0.05, 0.1) is 0 Å². The zero-order valence-corrected chi connectivity index (χ0v) is 150. The van der Waals surface area contributed by atoms with E-state index in [1.54, 1.807) is 0 Å². The van der Waals surface area contributed by atoms with Crippen molar-refractivity contribution in [3.63, 3.8) is 0 Å². The number of rotatable bonds is 2. The molecule has 18 aromatic rings. The van der Waals surface area contributed by atoms with Gasteiger partial charge in [0.2, 0.25) is 0 Å². The molecule has 0 aliphatic heterocycles. The molecule has 0 heterocycles. The molecule has 672 valence electrons. The summed E-state index contributed by atoms with van der Waals surface area (Å²) < 4.78 is 0. The molecular weight excluding hydrogens is 3350 g/mol. The molecule has 22 heteroatoms. The van der Waals surface area contributed by atoms with Crippen LogP contribution < -0.4 is 0 Å². The van der Waals surface area contributed by atoms with Crippen molar-refractivity contribution >= 4 is 75.4 Å². The average molecular weight is 3490 g/mol. The van der Waals surface area contributed by atoms with Crippen molar-refractivity contribution in [2.75, 3.05) is 0 Å². The molecule has 0 saturated heterocycles. The second-order valence-corrected chi connectivity index (χ2v) is 21.5. The van der Waals surface area contributed by atoms with E-state index in [1.165, 1.54) is 75.4 Å². The van der Waals surface area contributed by atoms with Gasteiger partial charge in [-0.3, -0.25) is 0 Å². The summed E-state index contributed by atoms with van der Waals surface area (Å²) in [5.74, 6) is 0. The molecule has 0 N–H and O–H groups in total. The second-order valence-electron chi connectivity index (χ2n) is 21.5. The van der Waals surface area contributed by atoms with Crippen molar-refractivity contribution in [3.05, 3.63) is 461 Å². The fourth-order valence-electron chi connectivity index (χ4n) is 10.2. The van der Waals surface area contributed by atoms with Gasteiger partial charge in [0, 0.05) is 720 Å². The van der Waals surface area contributed by atoms with Crippen molar-refractivity contribution in [2.24, 2.45) is 0 Å². The molecule has 138 heavy (non-hydrogen) atoms. The molecule has 0 spiro atoms. The summed E-state index contributed by atoms with van der Waals surface area (Å²) in [7, 11) is 0. The van der Waals surface area contributed by atoms with Crippen LogP contribution >= 0.6 is 0 Å². The Bertz CT molecular complexity index is 4220. The molecular formula is C116H138Y22-4. The van der Waals surface area contributed by atoms with Crippen molar-refractivity contribution in [1.82, 2.24) is 0 Å². The zero-order chi connectivity index (χ0) is 86.1. The van der Waals surface area contributed by atoms with E-state index in [4.69, 9.17) is 0 Å². The van der Waals surface area contributed by atoms with Crippen LogP contribution in [0.1, 0.15) is 152 Å². The molecule has 0 nitrogen and oxygen atoms in total. The monoisotopic (exact) mass is 3490 g/mol. The van der Waals surface area contributed by atoms with Gasteiger partial charge in [0.1, 0.15) is 0 Å². The molecule has 0 bridgehead atoms. The van der Waals surface area contributed by atoms with Crippen LogP contribution in [0, 0.1) is 24.3 Å². The summed E-state index contributed by atoms with van der Waals surface area (Å²) in [5.41, 5.74) is 4.38. The Balaban J connectivity index is -0.0000000463. The van der Waals surface area contributed by atoms with Crippen molar-refractivity contribution < 1.29 is 720 Å². The summed E-state index contributed by atoms with van der Waals surface area (Å²) in [6.45, 7) is 44.0. The third kappa shape index (κ3) is 101. The number of hydrogen-bond donors (Lipinski definition) is 0. The SMILES string of the molecule is CC.CC.CC.CC.CC.CC.CC.CC.CC.CC.CC.[Y].[Y].[Y].[Y].[Y].[Y].[Y].[Y].[Y].[Y].[Y].[Y].[Y].[Y].[Y].[Y].[Y].[Y].[Y].[Y].[Y].[Y].[c-]1ccccc1-c1[c-]cccc1.[c-]1ccccc1-c1[c-]cccc1.c1ccc2cc3ccccc3cc2c1.c1ccc2cc3ccccc3cc2c1.c1ccc2ccccc2c1.c1ccc2ccccc2c1.c1ccc2ccccc2c1.c1ccccc1.c1ccccc1. The van der Waals surface area contributed by atoms with E-state index in [0.717, 1.165) is 22.3 Å². The minimum absolute atomic E-state index is 0. The molecule has 0 atom stereocenters. The van der Waals surface area contributed by atoms with Crippen molar-refractivity contribution in [2.45, 2.75) is 152 Å². The minimum atomic E-state index is 0. The Morgan fingerprint density at radius 1 is 0.0942 bits per heavy atom. The maximum Gasteiger partial charge on any atom is 0 e. The molecule has 18 rings (SSSR count). The molecule has 0 fully saturated rings. The minimum Gasteiger partial charge on any atom is -0.226 e. The first-order valence-electron chi connectivity index (χ1n) is 42.6. The predicted molar refractivity (Wildman–Crippen MR) is 532 cm³/mol. The van der Waals surface area contributed by atoms with E-state index in [9.17, 15) is 0 Å². The van der Waals surface area contributed by atoms with E-state index in [-0.39, 0.29) is 720 Å². The Morgan fingerprint density at radius 2 is 0.174 bits per heavy atom. The summed E-state index contributed by atoms with van der Waals surface area (Å²) in [6, 6.07) is 161. The van der Waals surface area contributed by atoms with Gasteiger partial charge in [-0.1, -0.05) is 468 Å². The van der Waals surface area contributed by atoms with Crippen molar-refractivity contribution in [1.29, 1.82) is 0 Å². The smallest absolute Gasteiger partial charge is 0 e. The van der Waals surface area contributed by atoms with Gasteiger partial charge in [-0.15, -0.1) is 24.3 Å². The van der Waals surface area contributed by atoms with Crippen LogP contribution in [0.4, 0.5) is 0 Å². The van der Waals surface area contributed by atoms with Gasteiger partial charge in [0.25, 0.3) is 0 Å². The first kappa shape index (κ1) is 210. The van der Waals surface area contributed by atoms with Crippen LogP contribution in [0.2, 0.25) is 0 Å². The first-order chi connectivity index (χ1) is 57.7. The normalized spacial score (nSPS) is 7.23. The van der Waals surface area contributed by atoms with Crippen LogP contribution in [0.25, 0.3) is 97.7 Å². The molecule has 0 aliphatic rings. The van der Waals surface area contributed by atoms with E-state index in [2.05, 4.69) is 291 Å².